The maximum atomic E-state index is 12.3. The minimum Gasteiger partial charge on any atom is -0.302 e. The minimum absolute atomic E-state index is 0.127. The Morgan fingerprint density at radius 3 is 2.84 bits per heavy atom. The van der Waals surface area contributed by atoms with Gasteiger partial charge in [-0.3, -0.25) is 10.1 Å². The zero-order valence-electron chi connectivity index (χ0n) is 10.3. The van der Waals surface area contributed by atoms with Crippen LogP contribution in [0, 0.1) is 0 Å². The van der Waals surface area contributed by atoms with Crippen LogP contribution in [0.25, 0.3) is 0 Å². The van der Waals surface area contributed by atoms with Crippen LogP contribution in [0.5, 0.6) is 0 Å². The zero-order valence-corrected chi connectivity index (χ0v) is 10.3. The molecule has 1 aromatic carbocycles. The van der Waals surface area contributed by atoms with Crippen molar-refractivity contribution in [3.8, 4) is 0 Å². The Hall–Kier alpha value is -2.27. The van der Waals surface area contributed by atoms with Crippen LogP contribution in [-0.4, -0.2) is 22.4 Å². The van der Waals surface area contributed by atoms with Crippen molar-refractivity contribution in [2.75, 3.05) is 11.9 Å². The molecule has 1 aliphatic rings. The Morgan fingerprint density at radius 2 is 2.00 bits per heavy atom. The normalized spacial score (nSPS) is 17.6. The molecule has 19 heavy (non-hydrogen) atoms. The molecule has 2 N–H and O–H groups in total. The molecule has 1 unspecified atom stereocenters. The van der Waals surface area contributed by atoms with Crippen LogP contribution in [0.15, 0.2) is 42.7 Å². The molecule has 1 aliphatic heterocycles. The van der Waals surface area contributed by atoms with Gasteiger partial charge in [0.1, 0.15) is 6.04 Å². The highest BCUT2D eigenvalue weighted by molar-refractivity contribution is 5.94. The van der Waals surface area contributed by atoms with Gasteiger partial charge in [-0.15, -0.1) is 0 Å². The van der Waals surface area contributed by atoms with Gasteiger partial charge in [0.15, 0.2) is 0 Å². The lowest BCUT2D eigenvalue weighted by atomic mass is 9.94. The largest absolute Gasteiger partial charge is 0.302 e. The van der Waals surface area contributed by atoms with E-state index in [1.54, 1.807) is 18.5 Å². The third-order valence-electron chi connectivity index (χ3n) is 3.17. The molecule has 96 valence electrons. The highest BCUT2D eigenvalue weighted by Crippen LogP contribution is 2.23. The van der Waals surface area contributed by atoms with Crippen molar-refractivity contribution in [2.45, 2.75) is 12.5 Å². The van der Waals surface area contributed by atoms with Crippen molar-refractivity contribution < 1.29 is 4.79 Å². The van der Waals surface area contributed by atoms with E-state index in [-0.39, 0.29) is 11.9 Å². The van der Waals surface area contributed by atoms with E-state index in [4.69, 9.17) is 0 Å². The van der Waals surface area contributed by atoms with Crippen molar-refractivity contribution in [1.82, 2.24) is 15.3 Å². The predicted octanol–water partition coefficient (Wildman–Crippen LogP) is 1.30. The van der Waals surface area contributed by atoms with Gasteiger partial charge >= 0.3 is 0 Å². The number of anilines is 1. The van der Waals surface area contributed by atoms with E-state index < -0.39 is 0 Å². The molecule has 2 aromatic rings. The molecular weight excluding hydrogens is 240 g/mol. The third-order valence-corrected chi connectivity index (χ3v) is 3.17. The van der Waals surface area contributed by atoms with Crippen LogP contribution in [0.2, 0.25) is 0 Å². The number of nitrogens with one attached hydrogen (secondary N) is 2. The number of hydrogen-bond acceptors (Lipinski definition) is 4. The first kappa shape index (κ1) is 11.8. The number of fused-ring (bicyclic) bond motifs is 1. The molecule has 0 aliphatic carbocycles. The second-order valence-corrected chi connectivity index (χ2v) is 4.40. The summed E-state index contributed by atoms with van der Waals surface area (Å²) in [5.74, 6) is 0.204. The van der Waals surface area contributed by atoms with E-state index in [9.17, 15) is 4.79 Å². The molecular formula is C14H14N4O. The number of rotatable bonds is 2. The van der Waals surface area contributed by atoms with Gasteiger partial charge in [0.05, 0.1) is 0 Å². The molecule has 2 heterocycles. The lowest BCUT2D eigenvalue weighted by Crippen LogP contribution is -2.38. The van der Waals surface area contributed by atoms with Gasteiger partial charge in [-0.05, 0) is 23.6 Å². The van der Waals surface area contributed by atoms with Gasteiger partial charge < -0.3 is 5.32 Å². The minimum atomic E-state index is -0.339. The molecule has 1 aromatic heterocycles. The first-order chi connectivity index (χ1) is 9.34. The second-order valence-electron chi connectivity index (χ2n) is 4.40. The number of aromatic nitrogens is 2. The van der Waals surface area contributed by atoms with Crippen molar-refractivity contribution in [1.29, 1.82) is 0 Å². The Kier molecular flexibility index (Phi) is 3.20. The van der Waals surface area contributed by atoms with Crippen molar-refractivity contribution >= 4 is 11.9 Å². The zero-order chi connectivity index (χ0) is 13.1. The van der Waals surface area contributed by atoms with Crippen LogP contribution >= 0.6 is 0 Å². The molecule has 0 saturated heterocycles. The van der Waals surface area contributed by atoms with Gasteiger partial charge in [-0.1, -0.05) is 24.3 Å². The number of amides is 1. The molecule has 5 nitrogen and oxygen atoms in total. The topological polar surface area (TPSA) is 66.9 Å². The molecule has 1 amide bonds. The fourth-order valence-corrected chi connectivity index (χ4v) is 2.28. The molecule has 5 heteroatoms. The Bertz CT molecular complexity index is 585. The van der Waals surface area contributed by atoms with E-state index >= 15 is 0 Å². The summed E-state index contributed by atoms with van der Waals surface area (Å²) in [6, 6.07) is 9.37. The number of hydrogen-bond donors (Lipinski definition) is 2. The summed E-state index contributed by atoms with van der Waals surface area (Å²) < 4.78 is 0. The van der Waals surface area contributed by atoms with Gasteiger partial charge in [-0.2, -0.15) is 0 Å². The molecule has 0 saturated carbocycles. The summed E-state index contributed by atoms with van der Waals surface area (Å²) in [5.41, 5.74) is 2.25. The SMILES string of the molecule is O=C(Nc1ncccn1)C1NCCc2ccccc21. The smallest absolute Gasteiger partial charge is 0.248 e. The van der Waals surface area contributed by atoms with Crippen molar-refractivity contribution in [2.24, 2.45) is 0 Å². The molecule has 3 rings (SSSR count). The van der Waals surface area contributed by atoms with E-state index in [0.29, 0.717) is 5.95 Å². The molecule has 1 atom stereocenters. The first-order valence-electron chi connectivity index (χ1n) is 6.23. The van der Waals surface area contributed by atoms with Gasteiger partial charge in [0.25, 0.3) is 0 Å². The fraction of sp³-hybridized carbons (Fsp3) is 0.214. The molecule has 0 bridgehead atoms. The number of benzene rings is 1. The summed E-state index contributed by atoms with van der Waals surface area (Å²) in [5, 5.41) is 5.96. The predicted molar refractivity (Wildman–Crippen MR) is 71.6 cm³/mol. The monoisotopic (exact) mass is 254 g/mol. The van der Waals surface area contributed by atoms with Crippen LogP contribution < -0.4 is 10.6 Å². The standard InChI is InChI=1S/C14H14N4O/c19-13(18-14-16-7-3-8-17-14)12-11-5-2-1-4-10(11)6-9-15-12/h1-5,7-8,12,15H,6,9H2,(H,16,17,18,19). The maximum absolute atomic E-state index is 12.3. The Balaban J connectivity index is 1.82. The van der Waals surface area contributed by atoms with E-state index in [0.717, 1.165) is 18.5 Å². The summed E-state index contributed by atoms with van der Waals surface area (Å²) in [7, 11) is 0. The van der Waals surface area contributed by atoms with E-state index in [1.165, 1.54) is 5.56 Å². The summed E-state index contributed by atoms with van der Waals surface area (Å²) in [6.07, 6.45) is 4.15. The average molecular weight is 254 g/mol. The lowest BCUT2D eigenvalue weighted by molar-refractivity contribution is -0.118. The van der Waals surface area contributed by atoms with Crippen molar-refractivity contribution in [3.63, 3.8) is 0 Å². The summed E-state index contributed by atoms with van der Waals surface area (Å²) >= 11 is 0. The van der Waals surface area contributed by atoms with Gasteiger partial charge in [-0.25, -0.2) is 9.97 Å². The second kappa shape index (κ2) is 5.16. The van der Waals surface area contributed by atoms with Gasteiger partial charge in [0, 0.05) is 18.9 Å². The highest BCUT2D eigenvalue weighted by atomic mass is 16.2. The summed E-state index contributed by atoms with van der Waals surface area (Å²) in [4.78, 5) is 20.3. The van der Waals surface area contributed by atoms with Crippen LogP contribution in [-0.2, 0) is 11.2 Å². The molecule has 0 radical (unpaired) electrons. The first-order valence-corrected chi connectivity index (χ1v) is 6.23. The number of carbonyl (C=O) groups is 1. The maximum Gasteiger partial charge on any atom is 0.248 e. The quantitative estimate of drug-likeness (QED) is 0.847. The highest BCUT2D eigenvalue weighted by Gasteiger charge is 2.26. The van der Waals surface area contributed by atoms with Crippen LogP contribution in [0.1, 0.15) is 17.2 Å². The fourth-order valence-electron chi connectivity index (χ4n) is 2.28. The number of carbonyl (C=O) groups excluding carboxylic acids is 1. The summed E-state index contributed by atoms with van der Waals surface area (Å²) in [6.45, 7) is 0.796. The Morgan fingerprint density at radius 1 is 1.21 bits per heavy atom. The molecule has 0 fully saturated rings. The van der Waals surface area contributed by atoms with Crippen LogP contribution in [0.3, 0.4) is 0 Å². The Labute approximate surface area is 111 Å². The number of nitrogens with zero attached hydrogens (tertiary/aromatic N) is 2. The van der Waals surface area contributed by atoms with E-state index in [2.05, 4.69) is 26.7 Å². The third kappa shape index (κ3) is 2.46. The van der Waals surface area contributed by atoms with Crippen LogP contribution in [0.4, 0.5) is 5.95 Å². The molecule has 0 spiro atoms. The average Bonchev–Trinajstić information content (AvgIpc) is 2.47. The van der Waals surface area contributed by atoms with Crippen molar-refractivity contribution in [3.05, 3.63) is 53.9 Å². The lowest BCUT2D eigenvalue weighted by Gasteiger charge is -2.25. The van der Waals surface area contributed by atoms with E-state index in [1.807, 2.05) is 18.2 Å². The van der Waals surface area contributed by atoms with Gasteiger partial charge in [0.2, 0.25) is 11.9 Å².